The van der Waals surface area contributed by atoms with Gasteiger partial charge in [0.05, 0.1) is 17.3 Å². The number of hydrogen-bond donors (Lipinski definition) is 2. The number of nitrogens with one attached hydrogen (secondary N) is 1. The Morgan fingerprint density at radius 1 is 1.47 bits per heavy atom. The summed E-state index contributed by atoms with van der Waals surface area (Å²) in [6, 6.07) is 2.17. The summed E-state index contributed by atoms with van der Waals surface area (Å²) in [6.45, 7) is 8.73. The van der Waals surface area contributed by atoms with Crippen LogP contribution in [0.1, 0.15) is 50.2 Å². The zero-order valence-electron chi connectivity index (χ0n) is 12.2. The van der Waals surface area contributed by atoms with Crippen LogP contribution in [-0.2, 0) is 4.74 Å². The minimum atomic E-state index is -0.340. The van der Waals surface area contributed by atoms with Gasteiger partial charge in [0.2, 0.25) is 0 Å². The Morgan fingerprint density at radius 2 is 2.16 bits per heavy atom. The number of anilines is 2. The second-order valence-electron chi connectivity index (χ2n) is 4.91. The van der Waals surface area contributed by atoms with Crippen molar-refractivity contribution in [3.63, 3.8) is 0 Å². The van der Waals surface area contributed by atoms with Crippen LogP contribution in [0.2, 0.25) is 0 Å². The van der Waals surface area contributed by atoms with Crippen molar-refractivity contribution in [1.29, 1.82) is 0 Å². The first-order chi connectivity index (χ1) is 8.97. The number of carbonyl (C=O) groups excluding carboxylic acids is 1. The van der Waals surface area contributed by atoms with Crippen LogP contribution in [0.25, 0.3) is 0 Å². The van der Waals surface area contributed by atoms with Crippen molar-refractivity contribution in [3.05, 3.63) is 10.9 Å². The maximum Gasteiger partial charge on any atom is 0.350 e. The normalized spacial score (nSPS) is 13.9. The molecule has 0 saturated carbocycles. The average molecular weight is 284 g/mol. The summed E-state index contributed by atoms with van der Waals surface area (Å²) in [5, 5.41) is 4.32. The fourth-order valence-electron chi connectivity index (χ4n) is 1.90. The molecule has 0 bridgehead atoms. The molecule has 0 aromatic carbocycles. The molecule has 0 radical (unpaired) electrons. The Morgan fingerprint density at radius 3 is 2.74 bits per heavy atom. The largest absolute Gasteiger partial charge is 0.462 e. The molecule has 4 nitrogen and oxygen atoms in total. The quantitative estimate of drug-likeness (QED) is 0.749. The van der Waals surface area contributed by atoms with Crippen molar-refractivity contribution in [2.24, 2.45) is 5.92 Å². The van der Waals surface area contributed by atoms with Gasteiger partial charge in [-0.2, -0.15) is 0 Å². The highest BCUT2D eigenvalue weighted by Gasteiger charge is 2.16. The predicted octanol–water partition coefficient (Wildman–Crippen LogP) is 3.74. The highest BCUT2D eigenvalue weighted by atomic mass is 32.1. The molecule has 1 aromatic rings. The SMILES string of the molecule is CCOC(=O)c1sc(NC(C)CC(C)CC)cc1N. The molecule has 5 heteroatoms. The Hall–Kier alpha value is -1.23. The van der Waals surface area contributed by atoms with Crippen molar-refractivity contribution in [1.82, 2.24) is 0 Å². The third-order valence-corrected chi connectivity index (χ3v) is 4.13. The Kier molecular flexibility index (Phi) is 6.15. The van der Waals surface area contributed by atoms with Gasteiger partial charge >= 0.3 is 5.97 Å². The summed E-state index contributed by atoms with van der Waals surface area (Å²) < 4.78 is 4.97. The Labute approximate surface area is 119 Å². The molecule has 3 N–H and O–H groups in total. The molecule has 0 aliphatic carbocycles. The van der Waals surface area contributed by atoms with Gasteiger partial charge in [0.1, 0.15) is 4.88 Å². The van der Waals surface area contributed by atoms with Gasteiger partial charge in [-0.15, -0.1) is 11.3 Å². The molecule has 0 spiro atoms. The first-order valence-electron chi connectivity index (χ1n) is 6.80. The van der Waals surface area contributed by atoms with E-state index in [0.29, 0.717) is 29.1 Å². The van der Waals surface area contributed by atoms with Gasteiger partial charge in [-0.1, -0.05) is 20.3 Å². The van der Waals surface area contributed by atoms with Gasteiger partial charge < -0.3 is 15.8 Å². The number of rotatable bonds is 7. The maximum atomic E-state index is 11.7. The molecule has 0 saturated heterocycles. The first-order valence-corrected chi connectivity index (χ1v) is 7.62. The van der Waals surface area contributed by atoms with Crippen LogP contribution < -0.4 is 11.1 Å². The second kappa shape index (κ2) is 7.38. The standard InChI is InChI=1S/C14H24N2O2S/c1-5-9(3)7-10(4)16-12-8-11(15)13(19-12)14(17)18-6-2/h8-10,16H,5-7,15H2,1-4H3. The third-order valence-electron chi connectivity index (χ3n) is 3.06. The van der Waals surface area contributed by atoms with Gasteiger partial charge in [0, 0.05) is 6.04 Å². The summed E-state index contributed by atoms with van der Waals surface area (Å²) in [6.07, 6.45) is 2.27. The number of nitrogens with two attached hydrogens (primary N) is 1. The predicted molar refractivity (Wildman–Crippen MR) is 81.8 cm³/mol. The third kappa shape index (κ3) is 4.74. The fraction of sp³-hybridized carbons (Fsp3) is 0.643. The van der Waals surface area contributed by atoms with Gasteiger partial charge in [-0.25, -0.2) is 4.79 Å². The minimum absolute atomic E-state index is 0.340. The summed E-state index contributed by atoms with van der Waals surface area (Å²) in [4.78, 5) is 12.2. The van der Waals surface area contributed by atoms with E-state index in [1.54, 1.807) is 6.92 Å². The van der Waals surface area contributed by atoms with Crippen molar-refractivity contribution in [3.8, 4) is 0 Å². The molecule has 0 aliphatic heterocycles. The van der Waals surface area contributed by atoms with Crippen molar-refractivity contribution in [2.75, 3.05) is 17.7 Å². The lowest BCUT2D eigenvalue weighted by Crippen LogP contribution is -2.17. The average Bonchev–Trinajstić information content (AvgIpc) is 2.70. The lowest BCUT2D eigenvalue weighted by molar-refractivity contribution is 0.0533. The maximum absolute atomic E-state index is 11.7. The zero-order chi connectivity index (χ0) is 14.4. The molecular formula is C14H24N2O2S. The minimum Gasteiger partial charge on any atom is -0.462 e. The van der Waals surface area contributed by atoms with Crippen molar-refractivity contribution < 1.29 is 9.53 Å². The number of thiophene rings is 1. The Balaban J connectivity index is 2.65. The van der Waals surface area contributed by atoms with Crippen LogP contribution >= 0.6 is 11.3 Å². The highest BCUT2D eigenvalue weighted by molar-refractivity contribution is 7.18. The lowest BCUT2D eigenvalue weighted by atomic mass is 10.0. The number of carbonyl (C=O) groups is 1. The molecule has 108 valence electrons. The molecule has 0 fully saturated rings. The van der Waals surface area contributed by atoms with Crippen molar-refractivity contribution in [2.45, 2.75) is 46.6 Å². The summed E-state index contributed by atoms with van der Waals surface area (Å²) in [5.74, 6) is 0.344. The second-order valence-corrected chi connectivity index (χ2v) is 5.96. The molecule has 1 heterocycles. The lowest BCUT2D eigenvalue weighted by Gasteiger charge is -2.17. The molecule has 2 unspecified atom stereocenters. The molecule has 1 rings (SSSR count). The van der Waals surface area contributed by atoms with E-state index in [4.69, 9.17) is 10.5 Å². The topological polar surface area (TPSA) is 64.3 Å². The van der Waals surface area contributed by atoms with Gasteiger partial charge in [-0.3, -0.25) is 0 Å². The van der Waals surface area contributed by atoms with Crippen LogP contribution in [0, 0.1) is 5.92 Å². The van der Waals surface area contributed by atoms with Gasteiger partial charge in [-0.05, 0) is 32.3 Å². The summed E-state index contributed by atoms with van der Waals surface area (Å²) in [5.41, 5.74) is 6.33. The molecule has 0 aliphatic rings. The molecule has 2 atom stereocenters. The van der Waals surface area contributed by atoms with E-state index >= 15 is 0 Å². The summed E-state index contributed by atoms with van der Waals surface area (Å²) >= 11 is 1.36. The van der Waals surface area contributed by atoms with Gasteiger partial charge in [0.15, 0.2) is 0 Å². The molecule has 0 amide bonds. The molecular weight excluding hydrogens is 260 g/mol. The van der Waals surface area contributed by atoms with E-state index in [9.17, 15) is 4.79 Å². The van der Waals surface area contributed by atoms with Crippen LogP contribution in [0.3, 0.4) is 0 Å². The van der Waals surface area contributed by atoms with Crippen LogP contribution in [0.15, 0.2) is 6.07 Å². The van der Waals surface area contributed by atoms with E-state index in [2.05, 4.69) is 26.1 Å². The van der Waals surface area contributed by atoms with Crippen LogP contribution in [0.4, 0.5) is 10.7 Å². The summed E-state index contributed by atoms with van der Waals surface area (Å²) in [7, 11) is 0. The Bertz CT molecular complexity index is 418. The van der Waals surface area contributed by atoms with Crippen molar-refractivity contribution >= 4 is 28.0 Å². The van der Waals surface area contributed by atoms with Crippen LogP contribution in [-0.4, -0.2) is 18.6 Å². The zero-order valence-corrected chi connectivity index (χ0v) is 13.0. The van der Waals surface area contributed by atoms with E-state index in [1.807, 2.05) is 6.07 Å². The highest BCUT2D eigenvalue weighted by Crippen LogP contribution is 2.30. The van der Waals surface area contributed by atoms with Crippen LogP contribution in [0.5, 0.6) is 0 Å². The van der Waals surface area contributed by atoms with Gasteiger partial charge in [0.25, 0.3) is 0 Å². The fourth-order valence-corrected chi connectivity index (χ4v) is 2.89. The molecule has 19 heavy (non-hydrogen) atoms. The number of esters is 1. The molecule has 1 aromatic heterocycles. The van der Waals surface area contributed by atoms with E-state index in [0.717, 1.165) is 11.4 Å². The monoisotopic (exact) mass is 284 g/mol. The smallest absolute Gasteiger partial charge is 0.350 e. The van der Waals surface area contributed by atoms with E-state index in [1.165, 1.54) is 17.8 Å². The number of nitrogen functional groups attached to an aromatic ring is 1. The first kappa shape index (κ1) is 15.8. The number of hydrogen-bond acceptors (Lipinski definition) is 5. The van der Waals surface area contributed by atoms with E-state index in [-0.39, 0.29) is 5.97 Å². The van der Waals surface area contributed by atoms with E-state index < -0.39 is 0 Å². The number of ether oxygens (including phenoxy) is 1.